The first kappa shape index (κ1) is 13.6. The Hall–Kier alpha value is -1.81. The summed E-state index contributed by atoms with van der Waals surface area (Å²) in [6.45, 7) is 6.79. The van der Waals surface area contributed by atoms with Crippen LogP contribution in [0.5, 0.6) is 5.75 Å². The Bertz CT molecular complexity index is 535. The lowest BCUT2D eigenvalue weighted by Gasteiger charge is -2.15. The highest BCUT2D eigenvalue weighted by atomic mass is 16.5. The Morgan fingerprint density at radius 2 is 2.21 bits per heavy atom. The van der Waals surface area contributed by atoms with E-state index in [0.717, 1.165) is 28.3 Å². The lowest BCUT2D eigenvalue weighted by Crippen LogP contribution is -2.19. The summed E-state index contributed by atoms with van der Waals surface area (Å²) in [5, 5.41) is 3.40. The number of rotatable bonds is 5. The van der Waals surface area contributed by atoms with Crippen molar-refractivity contribution in [2.75, 3.05) is 7.11 Å². The molecule has 2 aromatic heterocycles. The highest BCUT2D eigenvalue weighted by molar-refractivity contribution is 5.41. The fraction of sp³-hybridized carbons (Fsp3) is 0.400. The summed E-state index contributed by atoms with van der Waals surface area (Å²) >= 11 is 0. The number of pyridine rings is 1. The minimum Gasteiger partial charge on any atom is -0.496 e. The van der Waals surface area contributed by atoms with E-state index in [9.17, 15) is 0 Å². The number of furan rings is 1. The maximum absolute atomic E-state index is 5.41. The molecular weight excluding hydrogens is 240 g/mol. The van der Waals surface area contributed by atoms with Crippen LogP contribution in [-0.4, -0.2) is 12.1 Å². The molecule has 0 bridgehead atoms. The Morgan fingerprint density at radius 3 is 2.84 bits per heavy atom. The van der Waals surface area contributed by atoms with Gasteiger partial charge in [-0.15, -0.1) is 0 Å². The first-order valence-electron chi connectivity index (χ1n) is 6.39. The van der Waals surface area contributed by atoms with Gasteiger partial charge in [-0.3, -0.25) is 4.98 Å². The Kier molecular flexibility index (Phi) is 4.22. The van der Waals surface area contributed by atoms with Crippen LogP contribution in [0.15, 0.2) is 29.0 Å². The van der Waals surface area contributed by atoms with Crippen LogP contribution in [0.2, 0.25) is 0 Å². The van der Waals surface area contributed by atoms with Crippen LogP contribution in [0.3, 0.4) is 0 Å². The van der Waals surface area contributed by atoms with Crippen molar-refractivity contribution in [2.45, 2.75) is 33.4 Å². The molecule has 0 saturated carbocycles. The van der Waals surface area contributed by atoms with Gasteiger partial charge in [0.1, 0.15) is 11.5 Å². The van der Waals surface area contributed by atoms with Gasteiger partial charge in [-0.05, 0) is 32.9 Å². The van der Waals surface area contributed by atoms with Crippen LogP contribution in [0.25, 0.3) is 0 Å². The molecule has 0 radical (unpaired) electrons. The first-order chi connectivity index (χ1) is 9.13. The second-order valence-electron chi connectivity index (χ2n) is 4.66. The van der Waals surface area contributed by atoms with E-state index in [-0.39, 0.29) is 6.04 Å². The van der Waals surface area contributed by atoms with E-state index < -0.39 is 0 Å². The van der Waals surface area contributed by atoms with Gasteiger partial charge >= 0.3 is 0 Å². The van der Waals surface area contributed by atoms with Crippen LogP contribution < -0.4 is 10.1 Å². The molecule has 1 unspecified atom stereocenters. The molecule has 0 saturated heterocycles. The molecule has 0 spiro atoms. The molecule has 0 aliphatic rings. The first-order valence-corrected chi connectivity index (χ1v) is 6.39. The third-order valence-corrected chi connectivity index (χ3v) is 3.30. The summed E-state index contributed by atoms with van der Waals surface area (Å²) < 4.78 is 10.8. The largest absolute Gasteiger partial charge is 0.496 e. The van der Waals surface area contributed by atoms with Gasteiger partial charge in [-0.25, -0.2) is 0 Å². The van der Waals surface area contributed by atoms with Crippen molar-refractivity contribution in [3.8, 4) is 5.75 Å². The highest BCUT2D eigenvalue weighted by Gasteiger charge is 2.12. The van der Waals surface area contributed by atoms with E-state index in [2.05, 4.69) is 17.2 Å². The summed E-state index contributed by atoms with van der Waals surface area (Å²) in [5.74, 6) is 1.84. The molecule has 19 heavy (non-hydrogen) atoms. The van der Waals surface area contributed by atoms with Gasteiger partial charge in [-0.1, -0.05) is 0 Å². The number of nitrogens with zero attached hydrogens (tertiary/aromatic N) is 1. The van der Waals surface area contributed by atoms with Crippen molar-refractivity contribution in [1.82, 2.24) is 10.3 Å². The smallest absolute Gasteiger partial charge is 0.128 e. The zero-order valence-electron chi connectivity index (χ0n) is 11.9. The van der Waals surface area contributed by atoms with Gasteiger partial charge in [0.25, 0.3) is 0 Å². The molecule has 4 heteroatoms. The molecule has 1 atom stereocenters. The van der Waals surface area contributed by atoms with Gasteiger partial charge in [0.2, 0.25) is 0 Å². The third kappa shape index (κ3) is 2.96. The molecule has 2 aromatic rings. The second-order valence-corrected chi connectivity index (χ2v) is 4.66. The van der Waals surface area contributed by atoms with Crippen molar-refractivity contribution < 1.29 is 9.15 Å². The van der Waals surface area contributed by atoms with Crippen molar-refractivity contribution in [3.63, 3.8) is 0 Å². The summed E-state index contributed by atoms with van der Waals surface area (Å²) in [7, 11) is 1.69. The lowest BCUT2D eigenvalue weighted by molar-refractivity contribution is 0.404. The number of aromatic nitrogens is 1. The Morgan fingerprint density at radius 1 is 1.42 bits per heavy atom. The Balaban J connectivity index is 2.08. The van der Waals surface area contributed by atoms with E-state index >= 15 is 0 Å². The van der Waals surface area contributed by atoms with E-state index in [0.29, 0.717) is 6.54 Å². The van der Waals surface area contributed by atoms with E-state index in [1.807, 2.05) is 32.2 Å². The number of ether oxygens (including phenoxy) is 1. The molecule has 1 N–H and O–H groups in total. The predicted octanol–water partition coefficient (Wildman–Crippen LogP) is 3.15. The van der Waals surface area contributed by atoms with Crippen LogP contribution >= 0.6 is 0 Å². The number of hydrogen-bond donors (Lipinski definition) is 1. The minimum atomic E-state index is 0.156. The summed E-state index contributed by atoms with van der Waals surface area (Å²) in [6.07, 6.45) is 3.53. The predicted molar refractivity (Wildman–Crippen MR) is 74.2 cm³/mol. The molecule has 0 amide bonds. The van der Waals surface area contributed by atoms with E-state index in [4.69, 9.17) is 9.15 Å². The number of aryl methyl sites for hydroxylation is 1. The Labute approximate surface area is 113 Å². The maximum atomic E-state index is 5.41. The van der Waals surface area contributed by atoms with Crippen molar-refractivity contribution in [1.29, 1.82) is 0 Å². The van der Waals surface area contributed by atoms with Gasteiger partial charge in [0.05, 0.1) is 25.1 Å². The maximum Gasteiger partial charge on any atom is 0.128 e. The van der Waals surface area contributed by atoms with Gasteiger partial charge in [-0.2, -0.15) is 0 Å². The minimum absolute atomic E-state index is 0.156. The van der Waals surface area contributed by atoms with Crippen molar-refractivity contribution >= 4 is 0 Å². The van der Waals surface area contributed by atoms with Gasteiger partial charge in [0.15, 0.2) is 0 Å². The van der Waals surface area contributed by atoms with Crippen molar-refractivity contribution in [3.05, 3.63) is 47.2 Å². The molecule has 2 rings (SSSR count). The zero-order valence-corrected chi connectivity index (χ0v) is 11.9. The molecule has 0 aliphatic carbocycles. The standard InChI is InChI=1S/C15H20N2O2/c1-10-8-17-13(11(2)15(10)18-4)9-16-12(3)14-6-5-7-19-14/h5-8,12,16H,9H2,1-4H3. The number of nitrogens with one attached hydrogen (secondary N) is 1. The number of hydrogen-bond acceptors (Lipinski definition) is 4. The van der Waals surface area contributed by atoms with E-state index in [1.54, 1.807) is 13.4 Å². The average molecular weight is 260 g/mol. The molecule has 0 aromatic carbocycles. The fourth-order valence-corrected chi connectivity index (χ4v) is 2.14. The SMILES string of the molecule is COc1c(C)cnc(CNC(C)c2ccco2)c1C. The molecule has 102 valence electrons. The van der Waals surface area contributed by atoms with Crippen LogP contribution in [0.1, 0.15) is 35.5 Å². The quantitative estimate of drug-likeness (QED) is 0.897. The highest BCUT2D eigenvalue weighted by Crippen LogP contribution is 2.24. The van der Waals surface area contributed by atoms with Crippen LogP contribution in [0, 0.1) is 13.8 Å². The molecular formula is C15H20N2O2. The third-order valence-electron chi connectivity index (χ3n) is 3.30. The van der Waals surface area contributed by atoms with Gasteiger partial charge < -0.3 is 14.5 Å². The molecule has 0 fully saturated rings. The van der Waals surface area contributed by atoms with Gasteiger partial charge in [0, 0.05) is 23.9 Å². The summed E-state index contributed by atoms with van der Waals surface area (Å²) in [4.78, 5) is 4.47. The van der Waals surface area contributed by atoms with Crippen LogP contribution in [0.4, 0.5) is 0 Å². The second kappa shape index (κ2) is 5.89. The summed E-state index contributed by atoms with van der Waals surface area (Å²) in [6, 6.07) is 4.02. The monoisotopic (exact) mass is 260 g/mol. The number of methoxy groups -OCH3 is 1. The van der Waals surface area contributed by atoms with Crippen LogP contribution in [-0.2, 0) is 6.54 Å². The van der Waals surface area contributed by atoms with Crippen molar-refractivity contribution in [2.24, 2.45) is 0 Å². The lowest BCUT2D eigenvalue weighted by atomic mass is 10.1. The fourth-order valence-electron chi connectivity index (χ4n) is 2.14. The zero-order chi connectivity index (χ0) is 13.8. The average Bonchev–Trinajstić information content (AvgIpc) is 2.92. The van der Waals surface area contributed by atoms with E-state index in [1.165, 1.54) is 0 Å². The topological polar surface area (TPSA) is 47.3 Å². The molecule has 2 heterocycles. The normalized spacial score (nSPS) is 12.4. The summed E-state index contributed by atoms with van der Waals surface area (Å²) in [5.41, 5.74) is 3.14. The molecule has 0 aliphatic heterocycles. The molecule has 4 nitrogen and oxygen atoms in total.